The third kappa shape index (κ3) is 4.51. The zero-order valence-corrected chi connectivity index (χ0v) is 27.0. The van der Waals surface area contributed by atoms with Gasteiger partial charge in [0, 0.05) is 60.9 Å². The minimum Gasteiger partial charge on any atom is -0.396 e. The van der Waals surface area contributed by atoms with Crippen LogP contribution in [0, 0.1) is 40.4 Å². The van der Waals surface area contributed by atoms with Crippen molar-refractivity contribution in [2.24, 2.45) is 51.1 Å². The molecule has 0 saturated heterocycles. The van der Waals surface area contributed by atoms with Crippen LogP contribution in [0.3, 0.4) is 0 Å². The molecule has 1 aromatic carbocycles. The molecular formula is C35H47N3O3S2. The lowest BCUT2D eigenvalue weighted by Crippen LogP contribution is -2.67. The zero-order valence-electron chi connectivity index (χ0n) is 25.3. The summed E-state index contributed by atoms with van der Waals surface area (Å²) in [7, 11) is 3.97. The number of nitrogens with two attached hydrogens (primary N) is 1. The average Bonchev–Trinajstić information content (AvgIpc) is 3.35. The molecule has 2 saturated carbocycles. The highest BCUT2D eigenvalue weighted by molar-refractivity contribution is 8.76. The Morgan fingerprint density at radius 3 is 2.79 bits per heavy atom. The summed E-state index contributed by atoms with van der Waals surface area (Å²) in [5.41, 5.74) is 9.94. The first-order chi connectivity index (χ1) is 20.9. The zero-order chi connectivity index (χ0) is 29.8. The Morgan fingerprint density at radius 2 is 2.00 bits per heavy atom. The van der Waals surface area contributed by atoms with E-state index in [1.54, 1.807) is 0 Å². The van der Waals surface area contributed by atoms with Gasteiger partial charge in [-0.25, -0.2) is 0 Å². The number of aliphatic hydroxyl groups is 2. The van der Waals surface area contributed by atoms with Gasteiger partial charge in [0.05, 0.1) is 5.54 Å². The van der Waals surface area contributed by atoms with Crippen LogP contribution >= 0.6 is 21.6 Å². The number of hydrogen-bond acceptors (Lipinski definition) is 8. The maximum absolute atomic E-state index is 14.1. The van der Waals surface area contributed by atoms with E-state index in [1.807, 2.05) is 21.6 Å². The molecule has 232 valence electrons. The second-order valence-electron chi connectivity index (χ2n) is 14.3. The summed E-state index contributed by atoms with van der Waals surface area (Å²) >= 11 is 0. The van der Waals surface area contributed by atoms with E-state index in [2.05, 4.69) is 54.7 Å². The topological polar surface area (TPSA) is 108 Å². The third-order valence-electron chi connectivity index (χ3n) is 12.8. The first-order valence-electron chi connectivity index (χ1n) is 16.4. The van der Waals surface area contributed by atoms with Crippen molar-refractivity contribution in [1.82, 2.24) is 5.32 Å². The van der Waals surface area contributed by atoms with Gasteiger partial charge in [-0.05, 0) is 79.3 Å². The van der Waals surface area contributed by atoms with E-state index in [9.17, 15) is 15.0 Å². The predicted octanol–water partition coefficient (Wildman–Crippen LogP) is 5.48. The number of Topliss-reactive ketones (excluding diaryl/α,β-unsaturated/α-hetero) is 1. The van der Waals surface area contributed by atoms with Gasteiger partial charge in [0.1, 0.15) is 0 Å². The maximum atomic E-state index is 14.1. The number of aliphatic imine (C=N–C) groups is 1. The van der Waals surface area contributed by atoms with Gasteiger partial charge < -0.3 is 21.3 Å². The van der Waals surface area contributed by atoms with Crippen molar-refractivity contribution in [3.63, 3.8) is 0 Å². The molecule has 9 atom stereocenters. The number of allylic oxidation sites excluding steroid dienone is 3. The fourth-order valence-corrected chi connectivity index (χ4v) is 13.7. The maximum Gasteiger partial charge on any atom is 0.189 e. The van der Waals surface area contributed by atoms with Crippen LogP contribution in [-0.2, 0) is 4.79 Å². The third-order valence-corrected chi connectivity index (χ3v) is 15.3. The van der Waals surface area contributed by atoms with Gasteiger partial charge in [0.2, 0.25) is 0 Å². The molecule has 0 aromatic heterocycles. The molecule has 8 heteroatoms. The van der Waals surface area contributed by atoms with Crippen molar-refractivity contribution < 1.29 is 15.0 Å². The van der Waals surface area contributed by atoms with Crippen LogP contribution < -0.4 is 11.1 Å². The highest BCUT2D eigenvalue weighted by atomic mass is 33.1. The van der Waals surface area contributed by atoms with Gasteiger partial charge in [0.15, 0.2) is 11.7 Å². The van der Waals surface area contributed by atoms with Gasteiger partial charge in [-0.2, -0.15) is 0 Å². The number of carbonyl (C=O) groups excluding carboxylic acids is 1. The SMILES string of the molecule is CC12CCSSCC34NC(N)=NCC3C(c3ccccc3)C=CC4CCC3=C4CC1CC(CO)C(CCCO)C42CC3=O. The number of nitrogens with zero attached hydrogens (tertiary/aromatic N) is 1. The number of ketones is 1. The number of guanidine groups is 1. The van der Waals surface area contributed by atoms with Gasteiger partial charge in [-0.1, -0.05) is 76.6 Å². The lowest BCUT2D eigenvalue weighted by Gasteiger charge is -2.57. The van der Waals surface area contributed by atoms with E-state index < -0.39 is 0 Å². The van der Waals surface area contributed by atoms with Crippen LogP contribution in [0.4, 0.5) is 0 Å². The Balaban J connectivity index is 1.30. The molecule has 5 bridgehead atoms. The van der Waals surface area contributed by atoms with Crippen LogP contribution in [0.5, 0.6) is 0 Å². The number of aliphatic hydroxyl groups excluding tert-OH is 2. The van der Waals surface area contributed by atoms with Crippen molar-refractivity contribution in [3.8, 4) is 0 Å². The average molecular weight is 622 g/mol. The summed E-state index contributed by atoms with van der Waals surface area (Å²) in [6.45, 7) is 3.53. The van der Waals surface area contributed by atoms with Crippen LogP contribution in [0.15, 0.2) is 58.6 Å². The summed E-state index contributed by atoms with van der Waals surface area (Å²) in [5, 5.41) is 24.2. The molecule has 5 N–H and O–H groups in total. The van der Waals surface area contributed by atoms with Gasteiger partial charge in [-0.15, -0.1) is 0 Å². The highest BCUT2D eigenvalue weighted by Crippen LogP contribution is 2.75. The van der Waals surface area contributed by atoms with Crippen molar-refractivity contribution in [3.05, 3.63) is 59.2 Å². The van der Waals surface area contributed by atoms with Crippen molar-refractivity contribution in [2.75, 3.05) is 31.3 Å². The van der Waals surface area contributed by atoms with Gasteiger partial charge >= 0.3 is 0 Å². The van der Waals surface area contributed by atoms with E-state index in [4.69, 9.17) is 10.7 Å². The molecule has 6 nitrogen and oxygen atoms in total. The molecule has 6 aliphatic rings. The molecule has 2 spiro atoms. The molecular weight excluding hydrogens is 575 g/mol. The second kappa shape index (κ2) is 11.6. The fraction of sp³-hybridized carbons (Fsp3) is 0.657. The monoisotopic (exact) mass is 621 g/mol. The molecule has 43 heavy (non-hydrogen) atoms. The molecule has 9 unspecified atom stereocenters. The fourth-order valence-electron chi connectivity index (χ4n) is 10.8. The Morgan fingerprint density at radius 1 is 1.16 bits per heavy atom. The van der Waals surface area contributed by atoms with E-state index >= 15 is 0 Å². The van der Waals surface area contributed by atoms with E-state index in [1.165, 1.54) is 11.1 Å². The minimum absolute atomic E-state index is 0.0409. The van der Waals surface area contributed by atoms with Crippen LogP contribution in [0.2, 0.25) is 0 Å². The minimum atomic E-state index is -0.234. The molecule has 2 heterocycles. The normalized spacial score (nSPS) is 42.2. The number of rotatable bonds is 5. The smallest absolute Gasteiger partial charge is 0.189 e. The Kier molecular flexibility index (Phi) is 8.05. The lowest BCUT2D eigenvalue weighted by atomic mass is 9.47. The Hall–Kier alpha value is -1.74. The predicted molar refractivity (Wildman–Crippen MR) is 177 cm³/mol. The van der Waals surface area contributed by atoms with E-state index in [-0.39, 0.29) is 59.2 Å². The van der Waals surface area contributed by atoms with Gasteiger partial charge in [0.25, 0.3) is 0 Å². The van der Waals surface area contributed by atoms with Crippen LogP contribution in [-0.4, -0.2) is 58.8 Å². The molecule has 7 rings (SSSR count). The van der Waals surface area contributed by atoms with E-state index in [0.717, 1.165) is 62.0 Å². The summed E-state index contributed by atoms with van der Waals surface area (Å²) in [6, 6.07) is 10.8. The Bertz CT molecular complexity index is 1330. The van der Waals surface area contributed by atoms with Crippen molar-refractivity contribution >= 4 is 33.3 Å². The number of benzene rings is 1. The van der Waals surface area contributed by atoms with Crippen molar-refractivity contribution in [2.45, 2.75) is 69.7 Å². The first kappa shape index (κ1) is 29.9. The number of hydrogen-bond donors (Lipinski definition) is 4. The van der Waals surface area contributed by atoms with Crippen molar-refractivity contribution in [1.29, 1.82) is 0 Å². The first-order valence-corrected chi connectivity index (χ1v) is 18.9. The van der Waals surface area contributed by atoms with E-state index in [0.29, 0.717) is 30.6 Å². The molecule has 1 aromatic rings. The summed E-state index contributed by atoms with van der Waals surface area (Å²) in [4.78, 5) is 18.9. The summed E-state index contributed by atoms with van der Waals surface area (Å²) in [6.07, 6.45) is 11.9. The molecule has 2 aliphatic heterocycles. The lowest BCUT2D eigenvalue weighted by molar-refractivity contribution is -0.125. The second-order valence-corrected chi connectivity index (χ2v) is 16.9. The van der Waals surface area contributed by atoms with Gasteiger partial charge in [-0.3, -0.25) is 9.79 Å². The summed E-state index contributed by atoms with van der Waals surface area (Å²) in [5.74, 6) is 4.61. The standard InChI is InChI=1S/C35H47N3O3S2/c1-33-13-15-42-43-21-35-24(9-11-26(22-6-3-2-4-7-22)30(35)19-37-32(36)38-35)10-12-27-29-17-25(33)16-23(20-40)28(8-5-14-39)34(29,33)18-31(27)41/h2-4,6-7,9,11,23-26,28,30,39-40H,5,8,10,12-21H2,1H3,(H3,36,37,38). The molecule has 4 aliphatic carbocycles. The molecule has 0 radical (unpaired) electrons. The number of carbonyl (C=O) groups is 1. The van der Waals surface area contributed by atoms with Crippen LogP contribution in [0.1, 0.15) is 69.8 Å². The Labute approximate surface area is 264 Å². The highest BCUT2D eigenvalue weighted by Gasteiger charge is 2.69. The summed E-state index contributed by atoms with van der Waals surface area (Å²) < 4.78 is 0. The largest absolute Gasteiger partial charge is 0.396 e. The number of nitrogens with one attached hydrogen (secondary N) is 1. The quantitative estimate of drug-likeness (QED) is 0.255. The molecule has 0 amide bonds. The van der Waals surface area contributed by atoms with Crippen LogP contribution in [0.25, 0.3) is 0 Å². The molecule has 2 fully saturated rings.